The summed E-state index contributed by atoms with van der Waals surface area (Å²) >= 11 is 0. The third kappa shape index (κ3) is 6.28. The summed E-state index contributed by atoms with van der Waals surface area (Å²) in [4.78, 5) is 29.1. The van der Waals surface area contributed by atoms with Crippen LogP contribution in [0, 0.1) is 19.7 Å². The molecule has 2 N–H and O–H groups in total. The fraction of sp³-hybridized carbons (Fsp3) is 0.280. The summed E-state index contributed by atoms with van der Waals surface area (Å²) in [7, 11) is 1.89. The first-order chi connectivity index (χ1) is 16.3. The maximum atomic E-state index is 13.2. The number of aromatic nitrogens is 2. The zero-order valence-corrected chi connectivity index (χ0v) is 19.7. The number of aryl methyl sites for hydroxylation is 2. The van der Waals surface area contributed by atoms with E-state index in [1.807, 2.05) is 25.6 Å². The Hall–Kier alpha value is -4.01. The van der Waals surface area contributed by atoms with Crippen molar-refractivity contribution in [2.75, 3.05) is 18.5 Å². The number of hydrogen-bond donors (Lipinski definition) is 2. The molecule has 3 rings (SSSR count). The van der Waals surface area contributed by atoms with Crippen LogP contribution in [0.25, 0.3) is 0 Å². The Morgan fingerprint density at radius 3 is 2.29 bits per heavy atom. The number of nitrogens with one attached hydrogen (secondary N) is 2. The van der Waals surface area contributed by atoms with Gasteiger partial charge in [-0.2, -0.15) is 5.10 Å². The normalized spacial score (nSPS) is 11.3. The number of carbonyl (C=O) groups is 2. The molecule has 1 aromatic heterocycles. The smallest absolute Gasteiger partial charge is 0.338 e. The standard InChI is InChI=1S/C25H28FN5O3/c1-5-34-24(33)19-8-12-21(13-9-19)28-25(29-23(32)18-6-10-20(26)11-7-18)27-15-14-22-16(2)30-31(4)17(22)3/h6-13H,5,14-15H2,1-4H3,(H2,27,28,29,32). The monoisotopic (exact) mass is 465 g/mol. The molecule has 0 aliphatic heterocycles. The van der Waals surface area contributed by atoms with Crippen molar-refractivity contribution in [1.29, 1.82) is 0 Å². The number of guanidine groups is 1. The summed E-state index contributed by atoms with van der Waals surface area (Å²) in [5.74, 6) is -1.03. The second kappa shape index (κ2) is 11.2. The minimum Gasteiger partial charge on any atom is -0.462 e. The molecule has 178 valence electrons. The van der Waals surface area contributed by atoms with Gasteiger partial charge in [-0.15, -0.1) is 0 Å². The number of aliphatic imine (C=N–C) groups is 1. The Bertz CT molecular complexity index is 1180. The number of hydrogen-bond acceptors (Lipinski definition) is 5. The summed E-state index contributed by atoms with van der Waals surface area (Å²) in [6.07, 6.45) is 0.644. The molecular formula is C25H28FN5O3. The average Bonchev–Trinajstić information content (AvgIpc) is 3.05. The van der Waals surface area contributed by atoms with Crippen LogP contribution in [0.3, 0.4) is 0 Å². The maximum Gasteiger partial charge on any atom is 0.338 e. The minimum atomic E-state index is -0.428. The SMILES string of the molecule is CCOC(=O)c1ccc(NC(=NCCc2c(C)nn(C)c2C)NC(=O)c2ccc(F)cc2)cc1. The molecule has 34 heavy (non-hydrogen) atoms. The maximum absolute atomic E-state index is 13.2. The highest BCUT2D eigenvalue weighted by molar-refractivity contribution is 6.10. The first-order valence-corrected chi connectivity index (χ1v) is 10.9. The van der Waals surface area contributed by atoms with E-state index >= 15 is 0 Å². The van der Waals surface area contributed by atoms with Gasteiger partial charge in [0.1, 0.15) is 5.82 Å². The number of nitrogens with zero attached hydrogens (tertiary/aromatic N) is 3. The highest BCUT2D eigenvalue weighted by atomic mass is 19.1. The van der Waals surface area contributed by atoms with Crippen LogP contribution in [0.5, 0.6) is 0 Å². The molecule has 0 saturated heterocycles. The number of anilines is 1. The molecule has 0 saturated carbocycles. The molecule has 1 heterocycles. The van der Waals surface area contributed by atoms with Crippen LogP contribution in [0.15, 0.2) is 53.5 Å². The third-order valence-corrected chi connectivity index (χ3v) is 5.29. The van der Waals surface area contributed by atoms with Crippen molar-refractivity contribution >= 4 is 23.5 Å². The molecule has 3 aromatic rings. The Labute approximate surface area is 197 Å². The van der Waals surface area contributed by atoms with E-state index < -0.39 is 17.7 Å². The Balaban J connectivity index is 1.77. The Morgan fingerprint density at radius 2 is 1.71 bits per heavy atom. The summed E-state index contributed by atoms with van der Waals surface area (Å²) in [6, 6.07) is 11.9. The molecule has 0 bridgehead atoms. The summed E-state index contributed by atoms with van der Waals surface area (Å²) in [5.41, 5.74) is 4.45. The van der Waals surface area contributed by atoms with Crippen molar-refractivity contribution < 1.29 is 18.7 Å². The lowest BCUT2D eigenvalue weighted by molar-refractivity contribution is 0.0526. The fourth-order valence-electron chi connectivity index (χ4n) is 3.39. The van der Waals surface area contributed by atoms with Crippen molar-refractivity contribution in [3.8, 4) is 0 Å². The van der Waals surface area contributed by atoms with Gasteiger partial charge in [0.15, 0.2) is 0 Å². The summed E-state index contributed by atoms with van der Waals surface area (Å²) in [6.45, 7) is 6.39. The van der Waals surface area contributed by atoms with Gasteiger partial charge in [0.25, 0.3) is 5.91 Å². The van der Waals surface area contributed by atoms with E-state index in [2.05, 4.69) is 20.7 Å². The molecule has 0 aliphatic carbocycles. The molecule has 1 amide bonds. The predicted octanol–water partition coefficient (Wildman–Crippen LogP) is 3.79. The van der Waals surface area contributed by atoms with Crippen LogP contribution >= 0.6 is 0 Å². The highest BCUT2D eigenvalue weighted by Gasteiger charge is 2.12. The number of benzene rings is 2. The average molecular weight is 466 g/mol. The molecule has 9 heteroatoms. The first kappa shape index (κ1) is 24.6. The van der Waals surface area contributed by atoms with Crippen molar-refractivity contribution in [2.45, 2.75) is 27.2 Å². The zero-order chi connectivity index (χ0) is 24.7. The van der Waals surface area contributed by atoms with E-state index in [9.17, 15) is 14.0 Å². The first-order valence-electron chi connectivity index (χ1n) is 10.9. The number of rotatable bonds is 7. The molecule has 8 nitrogen and oxygen atoms in total. The molecule has 0 atom stereocenters. The van der Waals surface area contributed by atoms with Gasteiger partial charge in [0.05, 0.1) is 17.9 Å². The van der Waals surface area contributed by atoms with Gasteiger partial charge in [-0.3, -0.25) is 19.8 Å². The van der Waals surface area contributed by atoms with E-state index in [0.29, 0.717) is 36.4 Å². The van der Waals surface area contributed by atoms with Crippen molar-refractivity contribution in [2.24, 2.45) is 12.0 Å². The van der Waals surface area contributed by atoms with Crippen LogP contribution < -0.4 is 10.6 Å². The van der Waals surface area contributed by atoms with E-state index in [0.717, 1.165) is 17.0 Å². The summed E-state index contributed by atoms with van der Waals surface area (Å²) < 4.78 is 20.1. The van der Waals surface area contributed by atoms with E-state index in [4.69, 9.17) is 4.74 Å². The Kier molecular flexibility index (Phi) is 8.13. The van der Waals surface area contributed by atoms with Crippen LogP contribution in [0.4, 0.5) is 10.1 Å². The number of carbonyl (C=O) groups excluding carboxylic acids is 2. The highest BCUT2D eigenvalue weighted by Crippen LogP contribution is 2.14. The van der Waals surface area contributed by atoms with Crippen LogP contribution in [0.1, 0.15) is 44.6 Å². The second-order valence-corrected chi connectivity index (χ2v) is 7.64. The quantitative estimate of drug-likeness (QED) is 0.314. The molecular weight excluding hydrogens is 437 g/mol. The van der Waals surface area contributed by atoms with Crippen LogP contribution in [-0.4, -0.2) is 40.8 Å². The molecule has 0 unspecified atom stereocenters. The zero-order valence-electron chi connectivity index (χ0n) is 19.7. The van der Waals surface area contributed by atoms with Gasteiger partial charge in [0.2, 0.25) is 5.96 Å². The fourth-order valence-corrected chi connectivity index (χ4v) is 3.39. The van der Waals surface area contributed by atoms with Gasteiger partial charge in [-0.25, -0.2) is 9.18 Å². The van der Waals surface area contributed by atoms with Gasteiger partial charge in [-0.1, -0.05) is 0 Å². The van der Waals surface area contributed by atoms with Gasteiger partial charge < -0.3 is 10.1 Å². The van der Waals surface area contributed by atoms with Gasteiger partial charge in [0, 0.05) is 30.5 Å². The van der Waals surface area contributed by atoms with E-state index in [1.54, 1.807) is 31.2 Å². The van der Waals surface area contributed by atoms with Gasteiger partial charge in [-0.05, 0) is 81.3 Å². The lowest BCUT2D eigenvalue weighted by atomic mass is 10.1. The van der Waals surface area contributed by atoms with Crippen LogP contribution in [-0.2, 0) is 18.2 Å². The number of ether oxygens (including phenoxy) is 1. The lowest BCUT2D eigenvalue weighted by Gasteiger charge is -2.12. The molecule has 0 aliphatic rings. The van der Waals surface area contributed by atoms with E-state index in [1.165, 1.54) is 24.3 Å². The lowest BCUT2D eigenvalue weighted by Crippen LogP contribution is -2.36. The molecule has 2 aromatic carbocycles. The largest absolute Gasteiger partial charge is 0.462 e. The van der Waals surface area contributed by atoms with Gasteiger partial charge >= 0.3 is 5.97 Å². The van der Waals surface area contributed by atoms with Crippen molar-refractivity contribution in [1.82, 2.24) is 15.1 Å². The molecule has 0 spiro atoms. The van der Waals surface area contributed by atoms with Crippen LogP contribution in [0.2, 0.25) is 0 Å². The number of halogens is 1. The summed E-state index contributed by atoms with van der Waals surface area (Å²) in [5, 5.41) is 10.2. The van der Waals surface area contributed by atoms with Crippen molar-refractivity contribution in [3.05, 3.63) is 82.4 Å². The van der Waals surface area contributed by atoms with E-state index in [-0.39, 0.29) is 5.96 Å². The topological polar surface area (TPSA) is 97.6 Å². The minimum absolute atomic E-state index is 0.234. The third-order valence-electron chi connectivity index (χ3n) is 5.29. The molecule has 0 fully saturated rings. The number of amides is 1. The predicted molar refractivity (Wildman–Crippen MR) is 129 cm³/mol. The number of esters is 1. The Morgan fingerprint density at radius 1 is 1.06 bits per heavy atom. The molecule has 0 radical (unpaired) electrons. The second-order valence-electron chi connectivity index (χ2n) is 7.64. The van der Waals surface area contributed by atoms with Crippen molar-refractivity contribution in [3.63, 3.8) is 0 Å².